The number of carbonyl (C=O) groups excluding carboxylic acids is 2. The number of nitrogens with two attached hydrogens (primary N) is 1. The number of carboxylic acids is 1. The minimum Gasteiger partial charge on any atom is -0.480 e. The zero-order valence-electron chi connectivity index (χ0n) is 12.2. The minimum atomic E-state index is -1.09. The Bertz CT molecular complexity index is 505. The van der Waals surface area contributed by atoms with Crippen molar-refractivity contribution < 1.29 is 19.5 Å². The number of benzene rings is 1. The van der Waals surface area contributed by atoms with Gasteiger partial charge < -0.3 is 21.5 Å². The van der Waals surface area contributed by atoms with Crippen molar-refractivity contribution >= 4 is 17.8 Å². The summed E-state index contributed by atoms with van der Waals surface area (Å²) in [6, 6.07) is 7.90. The summed E-state index contributed by atoms with van der Waals surface area (Å²) in [4.78, 5) is 33.8. The lowest BCUT2D eigenvalue weighted by atomic mass is 10.1. The van der Waals surface area contributed by atoms with Gasteiger partial charge in [0.2, 0.25) is 5.91 Å². The summed E-state index contributed by atoms with van der Waals surface area (Å²) in [6.45, 7) is 0.210. The van der Waals surface area contributed by atoms with E-state index >= 15 is 0 Å². The zero-order chi connectivity index (χ0) is 16.4. The van der Waals surface area contributed by atoms with Gasteiger partial charge in [0.1, 0.15) is 6.04 Å². The Labute approximate surface area is 128 Å². The fourth-order valence-corrected chi connectivity index (χ4v) is 1.88. The van der Waals surface area contributed by atoms with E-state index in [2.05, 4.69) is 10.6 Å². The van der Waals surface area contributed by atoms with Crippen LogP contribution in [0.4, 0.5) is 0 Å². The molecule has 0 fully saturated rings. The Morgan fingerprint density at radius 2 is 1.82 bits per heavy atom. The van der Waals surface area contributed by atoms with E-state index in [-0.39, 0.29) is 12.5 Å². The molecule has 0 radical (unpaired) electrons. The van der Waals surface area contributed by atoms with E-state index in [9.17, 15) is 14.4 Å². The second-order valence-corrected chi connectivity index (χ2v) is 4.78. The van der Waals surface area contributed by atoms with Gasteiger partial charge in [-0.3, -0.25) is 9.59 Å². The molecule has 0 saturated heterocycles. The molecule has 7 heteroatoms. The quantitative estimate of drug-likeness (QED) is 0.483. The maximum Gasteiger partial charge on any atom is 0.326 e. The number of hydrogen-bond donors (Lipinski definition) is 4. The standard InChI is InChI=1S/C15H21N3O4/c16-10-13(19)18-12(15(21)22)8-4-5-9-17-14(20)11-6-2-1-3-7-11/h1-3,6-7,12H,4-5,8-10,16H2,(H,17,20)(H,18,19)(H,21,22)/t12-/m1/s1. The Balaban J connectivity index is 2.24. The van der Waals surface area contributed by atoms with E-state index < -0.39 is 17.9 Å². The Kier molecular flexibility index (Phi) is 7.63. The smallest absolute Gasteiger partial charge is 0.326 e. The second kappa shape index (κ2) is 9.51. The van der Waals surface area contributed by atoms with Gasteiger partial charge >= 0.3 is 5.97 Å². The van der Waals surface area contributed by atoms with Crippen LogP contribution < -0.4 is 16.4 Å². The predicted molar refractivity (Wildman–Crippen MR) is 81.2 cm³/mol. The highest BCUT2D eigenvalue weighted by molar-refractivity contribution is 5.94. The van der Waals surface area contributed by atoms with E-state index in [4.69, 9.17) is 10.8 Å². The molecule has 0 spiro atoms. The molecule has 0 aromatic heterocycles. The van der Waals surface area contributed by atoms with Gasteiger partial charge in [0.15, 0.2) is 0 Å². The number of aliphatic carboxylic acids is 1. The summed E-state index contributed by atoms with van der Waals surface area (Å²) in [5.74, 6) is -1.74. The third-order valence-corrected chi connectivity index (χ3v) is 3.06. The largest absolute Gasteiger partial charge is 0.480 e. The molecule has 1 atom stereocenters. The Hall–Kier alpha value is -2.41. The van der Waals surface area contributed by atoms with Crippen molar-refractivity contribution in [2.75, 3.05) is 13.1 Å². The van der Waals surface area contributed by atoms with Gasteiger partial charge in [0, 0.05) is 12.1 Å². The summed E-state index contributed by atoms with van der Waals surface area (Å²) in [6.07, 6.45) is 1.49. The van der Waals surface area contributed by atoms with Crippen LogP contribution in [0.25, 0.3) is 0 Å². The molecule has 0 bridgehead atoms. The molecule has 0 aliphatic carbocycles. The van der Waals surface area contributed by atoms with E-state index in [0.717, 1.165) is 0 Å². The van der Waals surface area contributed by atoms with Crippen LogP contribution in [-0.4, -0.2) is 42.0 Å². The van der Waals surface area contributed by atoms with Gasteiger partial charge in [-0.15, -0.1) is 0 Å². The van der Waals surface area contributed by atoms with Crippen LogP contribution >= 0.6 is 0 Å². The molecule has 5 N–H and O–H groups in total. The van der Waals surface area contributed by atoms with Crippen LogP contribution in [-0.2, 0) is 9.59 Å². The number of carboxylic acid groups (broad SMARTS) is 1. The van der Waals surface area contributed by atoms with Crippen molar-refractivity contribution in [2.45, 2.75) is 25.3 Å². The van der Waals surface area contributed by atoms with E-state index in [1.165, 1.54) is 0 Å². The summed E-state index contributed by atoms with van der Waals surface area (Å²) in [5, 5.41) is 14.1. The molecule has 0 aliphatic heterocycles. The summed E-state index contributed by atoms with van der Waals surface area (Å²) in [5.41, 5.74) is 5.72. The molecular weight excluding hydrogens is 286 g/mol. The molecule has 0 heterocycles. The van der Waals surface area contributed by atoms with Crippen LogP contribution in [0.1, 0.15) is 29.6 Å². The third-order valence-electron chi connectivity index (χ3n) is 3.06. The molecule has 2 amide bonds. The first-order chi connectivity index (χ1) is 10.5. The summed E-state index contributed by atoms with van der Waals surface area (Å²) < 4.78 is 0. The summed E-state index contributed by atoms with van der Waals surface area (Å²) in [7, 11) is 0. The minimum absolute atomic E-state index is 0.160. The normalized spacial score (nSPS) is 11.5. The lowest BCUT2D eigenvalue weighted by Crippen LogP contribution is -2.43. The summed E-state index contributed by atoms with van der Waals surface area (Å²) >= 11 is 0. The first-order valence-electron chi connectivity index (χ1n) is 7.10. The lowest BCUT2D eigenvalue weighted by molar-refractivity contribution is -0.141. The molecule has 120 valence electrons. The maximum atomic E-state index is 11.8. The van der Waals surface area contributed by atoms with E-state index in [1.54, 1.807) is 24.3 Å². The molecule has 7 nitrogen and oxygen atoms in total. The average Bonchev–Trinajstić information content (AvgIpc) is 2.53. The van der Waals surface area contributed by atoms with Crippen LogP contribution in [0, 0.1) is 0 Å². The first kappa shape index (κ1) is 17.6. The Morgan fingerprint density at radius 3 is 2.41 bits per heavy atom. The number of nitrogens with one attached hydrogen (secondary N) is 2. The molecular formula is C15H21N3O4. The first-order valence-corrected chi connectivity index (χ1v) is 7.10. The van der Waals surface area contributed by atoms with E-state index in [0.29, 0.717) is 31.4 Å². The molecule has 0 aliphatic rings. The van der Waals surface area contributed by atoms with Crippen LogP contribution in [0.15, 0.2) is 30.3 Å². The monoisotopic (exact) mass is 307 g/mol. The molecule has 0 saturated carbocycles. The van der Waals surface area contributed by atoms with Crippen LogP contribution in [0.2, 0.25) is 0 Å². The molecule has 1 aromatic carbocycles. The van der Waals surface area contributed by atoms with Gasteiger partial charge in [-0.2, -0.15) is 0 Å². The fourth-order valence-electron chi connectivity index (χ4n) is 1.88. The van der Waals surface area contributed by atoms with Gasteiger partial charge in [0.25, 0.3) is 5.91 Å². The van der Waals surface area contributed by atoms with Gasteiger partial charge in [-0.05, 0) is 31.4 Å². The highest BCUT2D eigenvalue weighted by Crippen LogP contribution is 2.02. The molecule has 1 rings (SSSR count). The van der Waals surface area contributed by atoms with Crippen LogP contribution in [0.5, 0.6) is 0 Å². The number of carbonyl (C=O) groups is 3. The number of rotatable bonds is 9. The molecule has 0 unspecified atom stereocenters. The van der Waals surface area contributed by atoms with Gasteiger partial charge in [0.05, 0.1) is 6.54 Å². The topological polar surface area (TPSA) is 122 Å². The van der Waals surface area contributed by atoms with Gasteiger partial charge in [-0.1, -0.05) is 18.2 Å². The number of hydrogen-bond acceptors (Lipinski definition) is 4. The molecule has 22 heavy (non-hydrogen) atoms. The second-order valence-electron chi connectivity index (χ2n) is 4.78. The average molecular weight is 307 g/mol. The number of unbranched alkanes of at least 4 members (excludes halogenated alkanes) is 1. The van der Waals surface area contributed by atoms with E-state index in [1.807, 2.05) is 6.07 Å². The fraction of sp³-hybridized carbons (Fsp3) is 0.400. The maximum absolute atomic E-state index is 11.8. The van der Waals surface area contributed by atoms with Crippen molar-refractivity contribution in [2.24, 2.45) is 5.73 Å². The van der Waals surface area contributed by atoms with Crippen molar-refractivity contribution in [1.29, 1.82) is 0 Å². The van der Waals surface area contributed by atoms with Crippen molar-refractivity contribution in [3.05, 3.63) is 35.9 Å². The zero-order valence-corrected chi connectivity index (χ0v) is 12.2. The van der Waals surface area contributed by atoms with Gasteiger partial charge in [-0.25, -0.2) is 4.79 Å². The SMILES string of the molecule is NCC(=O)N[C@H](CCCCNC(=O)c1ccccc1)C(=O)O. The Morgan fingerprint density at radius 1 is 1.14 bits per heavy atom. The van der Waals surface area contributed by atoms with Crippen molar-refractivity contribution in [3.63, 3.8) is 0 Å². The lowest BCUT2D eigenvalue weighted by Gasteiger charge is -2.13. The highest BCUT2D eigenvalue weighted by Gasteiger charge is 2.18. The van der Waals surface area contributed by atoms with Crippen molar-refractivity contribution in [3.8, 4) is 0 Å². The number of amides is 2. The van der Waals surface area contributed by atoms with Crippen LogP contribution in [0.3, 0.4) is 0 Å². The van der Waals surface area contributed by atoms with Crippen molar-refractivity contribution in [1.82, 2.24) is 10.6 Å². The third kappa shape index (κ3) is 6.36. The highest BCUT2D eigenvalue weighted by atomic mass is 16.4. The molecule has 1 aromatic rings. The predicted octanol–water partition coefficient (Wildman–Crippen LogP) is 0.115.